The highest BCUT2D eigenvalue weighted by molar-refractivity contribution is 5.87. The molecule has 2 saturated heterocycles. The van der Waals surface area contributed by atoms with Gasteiger partial charge in [0.05, 0.1) is 6.61 Å². The van der Waals surface area contributed by atoms with E-state index in [1.807, 2.05) is 0 Å². The molecule has 2 N–H and O–H groups in total. The van der Waals surface area contributed by atoms with Crippen LogP contribution in [0.15, 0.2) is 0 Å². The molecule has 4 nitrogen and oxygen atoms in total. The van der Waals surface area contributed by atoms with Gasteiger partial charge in [-0.3, -0.25) is 10.1 Å². The van der Waals surface area contributed by atoms with Crippen molar-refractivity contribution >= 4 is 5.91 Å². The van der Waals surface area contributed by atoms with Gasteiger partial charge < -0.3 is 10.1 Å². The van der Waals surface area contributed by atoms with E-state index in [1.54, 1.807) is 0 Å². The number of carbonyl (C=O) groups excluding carboxylic acids is 1. The Hall–Kier alpha value is -0.610. The lowest BCUT2D eigenvalue weighted by atomic mass is 9.96. The number of hydrogen-bond acceptors (Lipinski definition) is 3. The van der Waals surface area contributed by atoms with Gasteiger partial charge in [-0.05, 0) is 0 Å². The first-order valence-electron chi connectivity index (χ1n) is 3.95. The molecule has 0 aromatic rings. The summed E-state index contributed by atoms with van der Waals surface area (Å²) in [6, 6.07) is 0. The van der Waals surface area contributed by atoms with Crippen molar-refractivity contribution < 1.29 is 9.53 Å². The van der Waals surface area contributed by atoms with Gasteiger partial charge >= 0.3 is 0 Å². The molecule has 0 aliphatic carbocycles. The van der Waals surface area contributed by atoms with Crippen LogP contribution in [0.3, 0.4) is 0 Å². The summed E-state index contributed by atoms with van der Waals surface area (Å²) in [6.07, 6.45) is 0.804. The van der Waals surface area contributed by atoms with E-state index >= 15 is 0 Å². The number of ether oxygens (including phenoxy) is 1. The topological polar surface area (TPSA) is 50.4 Å². The van der Waals surface area contributed by atoms with Gasteiger partial charge in [0, 0.05) is 26.1 Å². The Morgan fingerprint density at radius 2 is 2.36 bits per heavy atom. The molecule has 4 heteroatoms. The molecule has 1 spiro atoms. The number of piperazine rings is 1. The molecular formula is C7H12N2O2. The molecule has 11 heavy (non-hydrogen) atoms. The van der Waals surface area contributed by atoms with Gasteiger partial charge in [0.2, 0.25) is 5.91 Å². The molecule has 2 aliphatic rings. The zero-order valence-corrected chi connectivity index (χ0v) is 6.35. The Balaban J connectivity index is 2.13. The zero-order valence-electron chi connectivity index (χ0n) is 6.35. The van der Waals surface area contributed by atoms with Crippen molar-refractivity contribution in [2.45, 2.75) is 12.0 Å². The first kappa shape index (κ1) is 7.06. The van der Waals surface area contributed by atoms with Crippen molar-refractivity contribution in [3.05, 3.63) is 0 Å². The lowest BCUT2D eigenvalue weighted by molar-refractivity contribution is -0.129. The second-order valence-corrected chi connectivity index (χ2v) is 3.07. The molecule has 0 aromatic carbocycles. The van der Waals surface area contributed by atoms with E-state index in [1.165, 1.54) is 0 Å². The fourth-order valence-electron chi connectivity index (χ4n) is 1.61. The number of rotatable bonds is 0. The smallest absolute Gasteiger partial charge is 0.242 e. The van der Waals surface area contributed by atoms with Crippen LogP contribution in [0, 0.1) is 0 Å². The second-order valence-electron chi connectivity index (χ2n) is 3.07. The first-order valence-corrected chi connectivity index (χ1v) is 3.95. The van der Waals surface area contributed by atoms with Crippen LogP contribution in [-0.2, 0) is 9.53 Å². The van der Waals surface area contributed by atoms with Gasteiger partial charge in [0.15, 0.2) is 0 Å². The van der Waals surface area contributed by atoms with Gasteiger partial charge in [-0.25, -0.2) is 0 Å². The van der Waals surface area contributed by atoms with E-state index < -0.39 is 5.54 Å². The summed E-state index contributed by atoms with van der Waals surface area (Å²) in [7, 11) is 0. The lowest BCUT2D eigenvalue weighted by Gasteiger charge is -2.31. The van der Waals surface area contributed by atoms with Gasteiger partial charge in [0.1, 0.15) is 5.54 Å². The average molecular weight is 156 g/mol. The highest BCUT2D eigenvalue weighted by atomic mass is 16.5. The monoisotopic (exact) mass is 156 g/mol. The Bertz CT molecular complexity index is 175. The molecule has 0 bridgehead atoms. The summed E-state index contributed by atoms with van der Waals surface area (Å²) in [5.74, 6) is 0.0984. The molecular weight excluding hydrogens is 144 g/mol. The predicted molar refractivity (Wildman–Crippen MR) is 39.2 cm³/mol. The highest BCUT2D eigenvalue weighted by Crippen LogP contribution is 2.19. The predicted octanol–water partition coefficient (Wildman–Crippen LogP) is -1.14. The summed E-state index contributed by atoms with van der Waals surface area (Å²) in [6.45, 7) is 2.81. The molecule has 2 fully saturated rings. The summed E-state index contributed by atoms with van der Waals surface area (Å²) in [4.78, 5) is 11.4. The SMILES string of the molecule is O=C1NCCN[C@]12CCOC2. The molecule has 62 valence electrons. The minimum absolute atomic E-state index is 0.0984. The number of hydrogen-bond donors (Lipinski definition) is 2. The van der Waals surface area contributed by atoms with E-state index in [0.29, 0.717) is 13.2 Å². The van der Waals surface area contributed by atoms with Crippen molar-refractivity contribution in [1.29, 1.82) is 0 Å². The molecule has 0 unspecified atom stereocenters. The minimum atomic E-state index is -0.391. The van der Waals surface area contributed by atoms with Crippen LogP contribution >= 0.6 is 0 Å². The summed E-state index contributed by atoms with van der Waals surface area (Å²) >= 11 is 0. The maximum Gasteiger partial charge on any atom is 0.242 e. The van der Waals surface area contributed by atoms with E-state index in [0.717, 1.165) is 19.5 Å². The van der Waals surface area contributed by atoms with Crippen LogP contribution in [-0.4, -0.2) is 37.7 Å². The van der Waals surface area contributed by atoms with Gasteiger partial charge in [-0.2, -0.15) is 0 Å². The third-order valence-corrected chi connectivity index (χ3v) is 2.33. The van der Waals surface area contributed by atoms with Crippen LogP contribution in [0.2, 0.25) is 0 Å². The van der Waals surface area contributed by atoms with Crippen molar-refractivity contribution in [2.24, 2.45) is 0 Å². The normalized spacial score (nSPS) is 37.6. The third kappa shape index (κ3) is 1.02. The molecule has 2 aliphatic heterocycles. The average Bonchev–Trinajstić information content (AvgIpc) is 2.46. The van der Waals surface area contributed by atoms with E-state index in [9.17, 15) is 4.79 Å². The second kappa shape index (κ2) is 2.46. The van der Waals surface area contributed by atoms with Gasteiger partial charge in [0.25, 0.3) is 0 Å². The molecule has 2 rings (SSSR count). The van der Waals surface area contributed by atoms with Gasteiger partial charge in [-0.1, -0.05) is 0 Å². The Kier molecular flexibility index (Phi) is 1.58. The highest BCUT2D eigenvalue weighted by Gasteiger charge is 2.43. The Morgan fingerprint density at radius 1 is 1.45 bits per heavy atom. The molecule has 0 aromatic heterocycles. The van der Waals surface area contributed by atoms with Crippen LogP contribution in [0.4, 0.5) is 0 Å². The van der Waals surface area contributed by atoms with Crippen LogP contribution in [0.5, 0.6) is 0 Å². The van der Waals surface area contributed by atoms with E-state index in [2.05, 4.69) is 10.6 Å². The van der Waals surface area contributed by atoms with Crippen molar-refractivity contribution in [3.8, 4) is 0 Å². The Morgan fingerprint density at radius 3 is 3.00 bits per heavy atom. The zero-order chi connectivity index (χ0) is 7.73. The molecule has 2 heterocycles. The standard InChI is InChI=1S/C7H12N2O2/c10-6-7(1-4-11-5-7)9-3-2-8-6/h9H,1-5H2,(H,8,10)/t7-/m0/s1. The molecule has 1 atom stereocenters. The van der Waals surface area contributed by atoms with Gasteiger partial charge in [-0.15, -0.1) is 0 Å². The summed E-state index contributed by atoms with van der Waals surface area (Å²) in [5.41, 5.74) is -0.391. The summed E-state index contributed by atoms with van der Waals surface area (Å²) in [5, 5.41) is 6.04. The van der Waals surface area contributed by atoms with Crippen LogP contribution in [0.25, 0.3) is 0 Å². The maximum atomic E-state index is 11.4. The quantitative estimate of drug-likeness (QED) is 0.466. The van der Waals surface area contributed by atoms with Crippen molar-refractivity contribution in [3.63, 3.8) is 0 Å². The number of amides is 1. The largest absolute Gasteiger partial charge is 0.379 e. The first-order chi connectivity index (χ1) is 5.33. The minimum Gasteiger partial charge on any atom is -0.379 e. The van der Waals surface area contributed by atoms with Crippen molar-refractivity contribution in [1.82, 2.24) is 10.6 Å². The van der Waals surface area contributed by atoms with Crippen LogP contribution < -0.4 is 10.6 Å². The maximum absolute atomic E-state index is 11.4. The summed E-state index contributed by atoms with van der Waals surface area (Å²) < 4.78 is 5.18. The molecule has 0 saturated carbocycles. The van der Waals surface area contributed by atoms with E-state index in [4.69, 9.17) is 4.74 Å². The molecule has 1 amide bonds. The van der Waals surface area contributed by atoms with E-state index in [-0.39, 0.29) is 5.91 Å². The number of carbonyl (C=O) groups is 1. The van der Waals surface area contributed by atoms with Crippen LogP contribution in [0.1, 0.15) is 6.42 Å². The lowest BCUT2D eigenvalue weighted by Crippen LogP contribution is -2.63. The fourth-order valence-corrected chi connectivity index (χ4v) is 1.61. The third-order valence-electron chi connectivity index (χ3n) is 2.33. The Labute approximate surface area is 65.3 Å². The number of nitrogens with one attached hydrogen (secondary N) is 2. The van der Waals surface area contributed by atoms with Crippen molar-refractivity contribution in [2.75, 3.05) is 26.3 Å². The fraction of sp³-hybridized carbons (Fsp3) is 0.857. The molecule has 0 radical (unpaired) electrons.